The third-order valence-electron chi connectivity index (χ3n) is 4.11. The number of nitrogens with zero attached hydrogens (tertiary/aromatic N) is 1. The molecule has 0 bridgehead atoms. The van der Waals surface area contributed by atoms with Crippen molar-refractivity contribution in [1.82, 2.24) is 4.90 Å². The van der Waals surface area contributed by atoms with E-state index in [-0.39, 0.29) is 11.7 Å². The maximum absolute atomic E-state index is 12.0. The molecule has 2 rings (SSSR count). The number of amides is 1. The molecule has 1 aliphatic carbocycles. The van der Waals surface area contributed by atoms with Crippen LogP contribution in [0.5, 0.6) is 0 Å². The lowest BCUT2D eigenvalue weighted by atomic mass is 9.85. The van der Waals surface area contributed by atoms with Gasteiger partial charge in [0.1, 0.15) is 5.60 Å². The van der Waals surface area contributed by atoms with Gasteiger partial charge in [-0.1, -0.05) is 15.9 Å². The summed E-state index contributed by atoms with van der Waals surface area (Å²) in [6.45, 7) is 7.53. The summed E-state index contributed by atoms with van der Waals surface area (Å²) in [5, 5.41) is 1.10. The molecule has 1 saturated heterocycles. The van der Waals surface area contributed by atoms with Crippen LogP contribution in [-0.4, -0.2) is 35.0 Å². The van der Waals surface area contributed by atoms with Gasteiger partial charge >= 0.3 is 6.09 Å². The van der Waals surface area contributed by atoms with Crippen LogP contribution in [0.2, 0.25) is 0 Å². The highest BCUT2D eigenvalue weighted by molar-refractivity contribution is 9.09. The van der Waals surface area contributed by atoms with Crippen molar-refractivity contribution in [1.29, 1.82) is 0 Å². The minimum atomic E-state index is -0.388. The van der Waals surface area contributed by atoms with Crippen molar-refractivity contribution >= 4 is 22.0 Å². The molecule has 1 amide bonds. The number of hydrogen-bond acceptors (Lipinski definition) is 2. The molecule has 1 saturated carbocycles. The van der Waals surface area contributed by atoms with Gasteiger partial charge in [0.25, 0.3) is 0 Å². The quantitative estimate of drug-likeness (QED) is 0.688. The fourth-order valence-electron chi connectivity index (χ4n) is 3.25. The number of ether oxygens (including phenoxy) is 1. The summed E-state index contributed by atoms with van der Waals surface area (Å²) >= 11 is 3.59. The van der Waals surface area contributed by atoms with Gasteiger partial charge in [-0.3, -0.25) is 0 Å². The van der Waals surface area contributed by atoms with Crippen LogP contribution in [0, 0.1) is 11.3 Å². The summed E-state index contributed by atoms with van der Waals surface area (Å²) in [5.74, 6) is 0.795. The Bertz CT molecular complexity index is 326. The number of alkyl halides is 1. The Balaban J connectivity index is 1.91. The fraction of sp³-hybridized carbons (Fsp3) is 0.929. The molecule has 0 unspecified atom stereocenters. The first-order valence-corrected chi connectivity index (χ1v) is 8.00. The maximum Gasteiger partial charge on any atom is 0.410 e. The van der Waals surface area contributed by atoms with Crippen molar-refractivity contribution in [3.8, 4) is 0 Å². The lowest BCUT2D eigenvalue weighted by Crippen LogP contribution is -2.36. The molecule has 2 fully saturated rings. The zero-order chi connectivity index (χ0) is 13.4. The Morgan fingerprint density at radius 1 is 1.44 bits per heavy atom. The summed E-state index contributed by atoms with van der Waals surface area (Å²) in [4.78, 5) is 14.0. The molecule has 1 heterocycles. The Morgan fingerprint density at radius 2 is 2.17 bits per heavy atom. The second-order valence-electron chi connectivity index (χ2n) is 6.92. The predicted octanol–water partition coefficient (Wildman–Crippen LogP) is 3.81. The molecule has 104 valence electrons. The second-order valence-corrected chi connectivity index (χ2v) is 7.56. The molecular formula is C14H24BrNO2. The highest BCUT2D eigenvalue weighted by Crippen LogP contribution is 2.48. The van der Waals surface area contributed by atoms with Crippen molar-refractivity contribution in [2.45, 2.75) is 52.1 Å². The molecule has 1 aliphatic heterocycles. The average Bonchev–Trinajstić information content (AvgIpc) is 2.84. The first kappa shape index (κ1) is 14.2. The maximum atomic E-state index is 12.0. The first-order chi connectivity index (χ1) is 8.34. The van der Waals surface area contributed by atoms with Crippen molar-refractivity contribution in [3.63, 3.8) is 0 Å². The lowest BCUT2D eigenvalue weighted by Gasteiger charge is -2.27. The number of carbonyl (C=O) groups excluding carboxylic acids is 1. The third-order valence-corrected chi connectivity index (χ3v) is 5.03. The van der Waals surface area contributed by atoms with Crippen LogP contribution in [0.3, 0.4) is 0 Å². The molecule has 1 spiro atoms. The second kappa shape index (κ2) is 5.03. The molecule has 0 aromatic carbocycles. The van der Waals surface area contributed by atoms with Crippen molar-refractivity contribution in [3.05, 3.63) is 0 Å². The summed E-state index contributed by atoms with van der Waals surface area (Å²) in [6, 6.07) is 0. The van der Waals surface area contributed by atoms with Gasteiger partial charge in [-0.25, -0.2) is 4.79 Å². The van der Waals surface area contributed by atoms with Crippen LogP contribution in [-0.2, 0) is 4.74 Å². The van der Waals surface area contributed by atoms with Gasteiger partial charge in [-0.2, -0.15) is 0 Å². The van der Waals surface area contributed by atoms with E-state index >= 15 is 0 Å². The summed E-state index contributed by atoms with van der Waals surface area (Å²) in [7, 11) is 0. The zero-order valence-corrected chi connectivity index (χ0v) is 13.3. The van der Waals surface area contributed by atoms with E-state index in [1.54, 1.807) is 0 Å². The molecular weight excluding hydrogens is 294 g/mol. The van der Waals surface area contributed by atoms with Crippen molar-refractivity contribution < 1.29 is 9.53 Å². The highest BCUT2D eigenvalue weighted by atomic mass is 79.9. The monoisotopic (exact) mass is 317 g/mol. The number of likely N-dealkylation sites (tertiary alicyclic amines) is 1. The Morgan fingerprint density at radius 3 is 2.72 bits per heavy atom. The van der Waals surface area contributed by atoms with Gasteiger partial charge in [0, 0.05) is 18.4 Å². The Hall–Kier alpha value is -0.250. The molecule has 0 N–H and O–H groups in total. The van der Waals surface area contributed by atoms with Crippen LogP contribution >= 0.6 is 15.9 Å². The number of halogens is 1. The highest BCUT2D eigenvalue weighted by Gasteiger charge is 2.45. The predicted molar refractivity (Wildman–Crippen MR) is 76.0 cm³/mol. The Labute approximate surface area is 118 Å². The molecule has 4 heteroatoms. The zero-order valence-electron chi connectivity index (χ0n) is 11.7. The molecule has 0 aromatic rings. The van der Waals surface area contributed by atoms with Crippen molar-refractivity contribution in [2.75, 3.05) is 18.4 Å². The SMILES string of the molecule is CC(C)(C)OC(=O)N1CC[C@@]2(CC[C@H](CBr)C2)C1. The van der Waals surface area contributed by atoms with E-state index in [9.17, 15) is 4.79 Å². The van der Waals surface area contributed by atoms with Gasteiger partial charge in [0.15, 0.2) is 0 Å². The van der Waals surface area contributed by atoms with E-state index in [0.29, 0.717) is 5.41 Å². The normalized spacial score (nSPS) is 32.2. The topological polar surface area (TPSA) is 29.5 Å². The standard InChI is InChI=1S/C14H24BrNO2/c1-13(2,3)18-12(17)16-7-6-14(10-16)5-4-11(8-14)9-15/h11H,4-10H2,1-3H3/t11-,14+/m0/s1. The van der Waals surface area contributed by atoms with Gasteiger partial charge in [0.2, 0.25) is 0 Å². The van der Waals surface area contributed by atoms with E-state index in [1.807, 2.05) is 25.7 Å². The van der Waals surface area contributed by atoms with Crippen LogP contribution in [0.25, 0.3) is 0 Å². The minimum absolute atomic E-state index is 0.137. The van der Waals surface area contributed by atoms with Crippen molar-refractivity contribution in [2.24, 2.45) is 11.3 Å². The smallest absolute Gasteiger partial charge is 0.410 e. The van der Waals surface area contributed by atoms with Gasteiger partial charge in [0.05, 0.1) is 0 Å². The minimum Gasteiger partial charge on any atom is -0.444 e. The van der Waals surface area contributed by atoms with E-state index < -0.39 is 0 Å². The first-order valence-electron chi connectivity index (χ1n) is 6.87. The van der Waals surface area contributed by atoms with E-state index in [4.69, 9.17) is 4.74 Å². The lowest BCUT2D eigenvalue weighted by molar-refractivity contribution is 0.0273. The number of hydrogen-bond donors (Lipinski definition) is 0. The van der Waals surface area contributed by atoms with E-state index in [2.05, 4.69) is 15.9 Å². The molecule has 18 heavy (non-hydrogen) atoms. The Kier molecular flexibility index (Phi) is 3.96. The molecule has 2 aliphatic rings. The molecule has 0 aromatic heterocycles. The summed E-state index contributed by atoms with van der Waals surface area (Å²) < 4.78 is 5.46. The van der Waals surface area contributed by atoms with E-state index in [0.717, 1.165) is 30.8 Å². The average molecular weight is 318 g/mol. The van der Waals surface area contributed by atoms with Crippen LogP contribution in [0.15, 0.2) is 0 Å². The summed E-state index contributed by atoms with van der Waals surface area (Å²) in [5.41, 5.74) is -0.00372. The van der Waals surface area contributed by atoms with Gasteiger partial charge in [-0.05, 0) is 57.8 Å². The molecule has 0 radical (unpaired) electrons. The largest absolute Gasteiger partial charge is 0.444 e. The van der Waals surface area contributed by atoms with Crippen LogP contribution in [0.1, 0.15) is 46.5 Å². The molecule has 2 atom stereocenters. The third kappa shape index (κ3) is 3.19. The van der Waals surface area contributed by atoms with Gasteiger partial charge in [-0.15, -0.1) is 0 Å². The van der Waals surface area contributed by atoms with Crippen LogP contribution in [0.4, 0.5) is 4.79 Å². The molecule has 3 nitrogen and oxygen atoms in total. The van der Waals surface area contributed by atoms with Crippen LogP contribution < -0.4 is 0 Å². The number of carbonyl (C=O) groups is 1. The van der Waals surface area contributed by atoms with Gasteiger partial charge < -0.3 is 9.64 Å². The van der Waals surface area contributed by atoms with E-state index in [1.165, 1.54) is 19.3 Å². The summed E-state index contributed by atoms with van der Waals surface area (Å²) in [6.07, 6.45) is 4.84. The fourth-order valence-corrected chi connectivity index (χ4v) is 3.80. The number of rotatable bonds is 1.